The van der Waals surface area contributed by atoms with Crippen LogP contribution in [0.4, 0.5) is 14.5 Å². The summed E-state index contributed by atoms with van der Waals surface area (Å²) in [5.74, 6) is -3.01. The van der Waals surface area contributed by atoms with Crippen LogP contribution in [0.2, 0.25) is 0 Å². The third-order valence-corrected chi connectivity index (χ3v) is 3.30. The molecule has 9 heteroatoms. The van der Waals surface area contributed by atoms with Gasteiger partial charge in [-0.15, -0.1) is 0 Å². The molecule has 0 aromatic heterocycles. The van der Waals surface area contributed by atoms with Crippen LogP contribution in [0.15, 0.2) is 30.3 Å². The van der Waals surface area contributed by atoms with Crippen molar-refractivity contribution in [2.75, 3.05) is 6.79 Å². The first-order valence-corrected chi connectivity index (χ1v) is 6.65. The number of nitro groups is 1. The molecular weight excluding hydrogens is 328 g/mol. The molecular formula is C15H9F2NO6. The highest BCUT2D eigenvalue weighted by Gasteiger charge is 2.28. The number of esters is 1. The summed E-state index contributed by atoms with van der Waals surface area (Å²) in [5, 5.41) is 11.1. The Morgan fingerprint density at radius 1 is 1.25 bits per heavy atom. The molecule has 0 bridgehead atoms. The fraction of sp³-hybridized carbons (Fsp3) is 0.133. The summed E-state index contributed by atoms with van der Waals surface area (Å²) in [6.07, 6.45) is 0. The van der Waals surface area contributed by atoms with E-state index in [9.17, 15) is 23.7 Å². The zero-order valence-electron chi connectivity index (χ0n) is 12.0. The van der Waals surface area contributed by atoms with E-state index in [4.69, 9.17) is 14.2 Å². The van der Waals surface area contributed by atoms with Gasteiger partial charge in [-0.05, 0) is 6.07 Å². The molecule has 2 aromatic rings. The second-order valence-corrected chi connectivity index (χ2v) is 4.77. The lowest BCUT2D eigenvalue weighted by molar-refractivity contribution is -0.385. The summed E-state index contributed by atoms with van der Waals surface area (Å²) in [7, 11) is 0. The lowest BCUT2D eigenvalue weighted by Crippen LogP contribution is -2.09. The van der Waals surface area contributed by atoms with E-state index in [0.29, 0.717) is 0 Å². The van der Waals surface area contributed by atoms with Gasteiger partial charge in [-0.2, -0.15) is 0 Å². The highest BCUT2D eigenvalue weighted by Crippen LogP contribution is 2.38. The minimum atomic E-state index is -1.15. The molecule has 3 rings (SSSR count). The fourth-order valence-corrected chi connectivity index (χ4v) is 2.13. The van der Waals surface area contributed by atoms with Gasteiger partial charge in [0.25, 0.3) is 5.69 Å². The van der Waals surface area contributed by atoms with Gasteiger partial charge in [-0.3, -0.25) is 10.1 Å². The molecule has 0 radical (unpaired) electrons. The number of rotatable bonds is 4. The third kappa shape index (κ3) is 2.83. The van der Waals surface area contributed by atoms with Crippen molar-refractivity contribution in [3.05, 3.63) is 63.2 Å². The van der Waals surface area contributed by atoms with E-state index in [1.807, 2.05) is 0 Å². The van der Waals surface area contributed by atoms with E-state index >= 15 is 0 Å². The van der Waals surface area contributed by atoms with Crippen molar-refractivity contribution in [1.29, 1.82) is 0 Å². The lowest BCUT2D eigenvalue weighted by atomic mass is 10.1. The number of nitrogens with zero attached hydrogens (tertiary/aromatic N) is 1. The second-order valence-electron chi connectivity index (χ2n) is 4.77. The Hall–Kier alpha value is -3.23. The van der Waals surface area contributed by atoms with Crippen LogP contribution in [0.3, 0.4) is 0 Å². The van der Waals surface area contributed by atoms with Crippen molar-refractivity contribution in [3.8, 4) is 11.5 Å². The predicted molar refractivity (Wildman–Crippen MR) is 74.7 cm³/mol. The molecule has 0 atom stereocenters. The number of carbonyl (C=O) groups is 1. The van der Waals surface area contributed by atoms with E-state index in [2.05, 4.69) is 0 Å². The summed E-state index contributed by atoms with van der Waals surface area (Å²) < 4.78 is 41.6. The zero-order chi connectivity index (χ0) is 17.3. The summed E-state index contributed by atoms with van der Waals surface area (Å²) in [6, 6.07) is 5.57. The number of hydrogen-bond donors (Lipinski definition) is 0. The molecule has 124 valence electrons. The van der Waals surface area contributed by atoms with Crippen LogP contribution in [0.1, 0.15) is 15.9 Å². The Morgan fingerprint density at radius 2 is 1.96 bits per heavy atom. The van der Waals surface area contributed by atoms with Gasteiger partial charge in [0.1, 0.15) is 12.2 Å². The van der Waals surface area contributed by atoms with Crippen LogP contribution in [-0.4, -0.2) is 17.7 Å². The molecule has 0 N–H and O–H groups in total. The minimum absolute atomic E-state index is 0.126. The summed E-state index contributed by atoms with van der Waals surface area (Å²) >= 11 is 0. The van der Waals surface area contributed by atoms with Crippen LogP contribution in [0.5, 0.6) is 11.5 Å². The average molecular weight is 337 g/mol. The molecule has 1 heterocycles. The molecule has 2 aromatic carbocycles. The Labute approximate surface area is 133 Å². The Morgan fingerprint density at radius 3 is 2.67 bits per heavy atom. The van der Waals surface area contributed by atoms with Crippen molar-refractivity contribution < 1.29 is 32.7 Å². The summed E-state index contributed by atoms with van der Waals surface area (Å²) in [6.45, 7) is -0.701. The van der Waals surface area contributed by atoms with Crippen LogP contribution in [0.25, 0.3) is 0 Å². The van der Waals surface area contributed by atoms with Crippen LogP contribution in [-0.2, 0) is 11.3 Å². The van der Waals surface area contributed by atoms with E-state index in [0.717, 1.165) is 18.2 Å². The molecule has 24 heavy (non-hydrogen) atoms. The Kier molecular flexibility index (Phi) is 3.98. The van der Waals surface area contributed by atoms with Gasteiger partial charge in [0, 0.05) is 11.6 Å². The Bertz CT molecular complexity index is 839. The number of nitro benzene ring substituents is 1. The van der Waals surface area contributed by atoms with Gasteiger partial charge >= 0.3 is 5.97 Å². The minimum Gasteiger partial charge on any atom is -0.457 e. The van der Waals surface area contributed by atoms with Gasteiger partial charge < -0.3 is 14.2 Å². The average Bonchev–Trinajstić information content (AvgIpc) is 3.02. The quantitative estimate of drug-likeness (QED) is 0.484. The van der Waals surface area contributed by atoms with Crippen LogP contribution >= 0.6 is 0 Å². The second kappa shape index (κ2) is 6.11. The monoisotopic (exact) mass is 337 g/mol. The number of fused-ring (bicyclic) bond motifs is 1. The van der Waals surface area contributed by atoms with Crippen LogP contribution in [0, 0.1) is 21.7 Å². The first kappa shape index (κ1) is 15.7. The first-order chi connectivity index (χ1) is 11.5. The molecule has 0 spiro atoms. The van der Waals surface area contributed by atoms with Gasteiger partial charge in [0.15, 0.2) is 23.1 Å². The lowest BCUT2D eigenvalue weighted by Gasteiger charge is -2.07. The number of ether oxygens (including phenoxy) is 3. The maximum Gasteiger partial charge on any atom is 0.345 e. The maximum atomic E-state index is 13.5. The molecule has 0 saturated carbocycles. The van der Waals surface area contributed by atoms with E-state index in [-0.39, 0.29) is 29.4 Å². The largest absolute Gasteiger partial charge is 0.457 e. The van der Waals surface area contributed by atoms with Gasteiger partial charge in [0.05, 0.1) is 11.0 Å². The van der Waals surface area contributed by atoms with Crippen LogP contribution < -0.4 is 9.47 Å². The van der Waals surface area contributed by atoms with Gasteiger partial charge in [-0.1, -0.05) is 12.1 Å². The van der Waals surface area contributed by atoms with Crippen molar-refractivity contribution in [1.82, 2.24) is 0 Å². The van der Waals surface area contributed by atoms with Gasteiger partial charge in [0.2, 0.25) is 6.79 Å². The van der Waals surface area contributed by atoms with E-state index < -0.39 is 34.8 Å². The first-order valence-electron chi connectivity index (χ1n) is 6.65. The molecule has 0 amide bonds. The molecule has 0 aliphatic carbocycles. The highest BCUT2D eigenvalue weighted by atomic mass is 19.2. The normalized spacial score (nSPS) is 12.1. The molecule has 0 unspecified atom stereocenters. The smallest absolute Gasteiger partial charge is 0.345 e. The SMILES string of the molecule is O=C(OCc1cccc(F)c1F)c1cc2c(cc1[N+](=O)[O-])OCO2. The van der Waals surface area contributed by atoms with Crippen molar-refractivity contribution in [2.24, 2.45) is 0 Å². The number of halogens is 2. The summed E-state index contributed by atoms with van der Waals surface area (Å²) in [4.78, 5) is 22.4. The summed E-state index contributed by atoms with van der Waals surface area (Å²) in [5.41, 5.74) is -1.10. The third-order valence-electron chi connectivity index (χ3n) is 3.30. The molecule has 1 aliphatic heterocycles. The van der Waals surface area contributed by atoms with Crippen molar-refractivity contribution in [3.63, 3.8) is 0 Å². The molecule has 0 saturated heterocycles. The molecule has 1 aliphatic rings. The topological polar surface area (TPSA) is 87.9 Å². The number of benzene rings is 2. The van der Waals surface area contributed by atoms with Crippen molar-refractivity contribution in [2.45, 2.75) is 6.61 Å². The number of hydrogen-bond acceptors (Lipinski definition) is 6. The highest BCUT2D eigenvalue weighted by molar-refractivity contribution is 5.95. The van der Waals surface area contributed by atoms with E-state index in [1.165, 1.54) is 12.1 Å². The maximum absolute atomic E-state index is 13.5. The Balaban J connectivity index is 1.85. The van der Waals surface area contributed by atoms with Crippen molar-refractivity contribution >= 4 is 11.7 Å². The standard InChI is InChI=1S/C15H9F2NO6/c16-10-3-1-2-8(14(10)17)6-22-15(19)9-4-12-13(24-7-23-12)5-11(9)18(20)21/h1-5H,6-7H2. The fourth-order valence-electron chi connectivity index (χ4n) is 2.13. The molecule has 7 nitrogen and oxygen atoms in total. The predicted octanol–water partition coefficient (Wildman–Crippen LogP) is 2.96. The molecule has 0 fully saturated rings. The number of carbonyl (C=O) groups excluding carboxylic acids is 1. The zero-order valence-corrected chi connectivity index (χ0v) is 12.0. The van der Waals surface area contributed by atoms with Gasteiger partial charge in [-0.25, -0.2) is 13.6 Å². The van der Waals surface area contributed by atoms with E-state index in [1.54, 1.807) is 0 Å².